The molecule has 0 bridgehead atoms. The van der Waals surface area contributed by atoms with Gasteiger partial charge >= 0.3 is 6.61 Å². The summed E-state index contributed by atoms with van der Waals surface area (Å²) >= 11 is 0. The molecule has 2 aromatic carbocycles. The second kappa shape index (κ2) is 10.8. The van der Waals surface area contributed by atoms with Gasteiger partial charge in [0.1, 0.15) is 28.6 Å². The van der Waals surface area contributed by atoms with Crippen LogP contribution in [0.1, 0.15) is 16.7 Å². The topological polar surface area (TPSA) is 106 Å². The second-order valence-corrected chi connectivity index (χ2v) is 7.78. The number of imidazole rings is 1. The third-order valence-electron chi connectivity index (χ3n) is 5.53. The highest BCUT2D eigenvalue weighted by atomic mass is 19.3. The van der Waals surface area contributed by atoms with Crippen molar-refractivity contribution >= 4 is 22.7 Å². The summed E-state index contributed by atoms with van der Waals surface area (Å²) in [5.74, 6) is 2.33. The number of nitrogens with one attached hydrogen (secondary N) is 2. The number of halogens is 2. The molecule has 4 aromatic rings. The van der Waals surface area contributed by atoms with Gasteiger partial charge in [0, 0.05) is 43.4 Å². The van der Waals surface area contributed by atoms with Crippen LogP contribution in [0.25, 0.3) is 11.0 Å². The molecule has 0 spiro atoms. The zero-order valence-electron chi connectivity index (χ0n) is 19.9. The van der Waals surface area contributed by atoms with Crippen LogP contribution < -0.4 is 24.8 Å². The number of benzene rings is 2. The molecule has 2 aromatic heterocycles. The van der Waals surface area contributed by atoms with Gasteiger partial charge in [-0.25, -0.2) is 9.97 Å². The number of alkyl halides is 2. The Morgan fingerprint density at radius 2 is 1.75 bits per heavy atom. The molecule has 2 N–H and O–H groups in total. The lowest BCUT2D eigenvalue weighted by Gasteiger charge is -2.15. The lowest BCUT2D eigenvalue weighted by molar-refractivity contribution is -0.0504. The van der Waals surface area contributed by atoms with Gasteiger partial charge in [0.2, 0.25) is 0 Å². The highest BCUT2D eigenvalue weighted by molar-refractivity contribution is 5.88. The van der Waals surface area contributed by atoms with E-state index in [1.54, 1.807) is 38.7 Å². The number of aryl methyl sites for hydroxylation is 1. The quantitative estimate of drug-likeness (QED) is 0.327. The van der Waals surface area contributed by atoms with Gasteiger partial charge in [0.15, 0.2) is 5.82 Å². The van der Waals surface area contributed by atoms with E-state index in [0.29, 0.717) is 40.8 Å². The highest BCUT2D eigenvalue weighted by Crippen LogP contribution is 2.29. The Morgan fingerprint density at radius 3 is 2.47 bits per heavy atom. The van der Waals surface area contributed by atoms with Crippen molar-refractivity contribution in [3.63, 3.8) is 0 Å². The standard InChI is InChI=1S/C25H24F2N6O3/c1-33-14-31-23-19(33)10-22(29-12-17-5-4-15(11-28)8-21(17)36-25(26)27)32-24(23)30-13-16-6-7-18(34-2)9-20(16)35-3/h4-10,14,25H,12-13H2,1-3H3,(H2,29,30,32). The molecule has 0 fully saturated rings. The number of anilines is 2. The Bertz CT molecular complexity index is 1420. The Morgan fingerprint density at radius 1 is 1.00 bits per heavy atom. The monoisotopic (exact) mass is 494 g/mol. The van der Waals surface area contributed by atoms with Crippen LogP contribution in [0.2, 0.25) is 0 Å². The Kier molecular flexibility index (Phi) is 7.34. The summed E-state index contributed by atoms with van der Waals surface area (Å²) in [6, 6.07) is 13.7. The largest absolute Gasteiger partial charge is 0.497 e. The number of ether oxygens (including phenoxy) is 3. The van der Waals surface area contributed by atoms with Crippen LogP contribution in [0, 0.1) is 11.3 Å². The van der Waals surface area contributed by atoms with E-state index in [1.165, 1.54) is 6.07 Å². The average molecular weight is 495 g/mol. The molecule has 0 aliphatic heterocycles. The molecule has 0 aliphatic carbocycles. The van der Waals surface area contributed by atoms with E-state index in [4.69, 9.17) is 14.7 Å². The smallest absolute Gasteiger partial charge is 0.387 e. The molecule has 186 valence electrons. The summed E-state index contributed by atoms with van der Waals surface area (Å²) in [7, 11) is 5.05. The molecule has 9 nitrogen and oxygen atoms in total. The Balaban J connectivity index is 1.59. The van der Waals surface area contributed by atoms with E-state index in [0.717, 1.165) is 11.1 Å². The molecule has 36 heavy (non-hydrogen) atoms. The predicted molar refractivity (Wildman–Crippen MR) is 130 cm³/mol. The van der Waals surface area contributed by atoms with Gasteiger partial charge in [-0.1, -0.05) is 6.07 Å². The average Bonchev–Trinajstić information content (AvgIpc) is 3.26. The molecule has 0 unspecified atom stereocenters. The number of nitriles is 1. The second-order valence-electron chi connectivity index (χ2n) is 7.78. The SMILES string of the molecule is COc1ccc(CNc2nc(NCc3ccc(C#N)cc3OC(F)F)cc3c2ncn3C)c(OC)c1. The number of hydrogen-bond donors (Lipinski definition) is 2. The molecular weight excluding hydrogens is 470 g/mol. The third-order valence-corrected chi connectivity index (χ3v) is 5.53. The third kappa shape index (κ3) is 5.38. The molecule has 0 amide bonds. The fraction of sp³-hybridized carbons (Fsp3) is 0.240. The van der Waals surface area contributed by atoms with Gasteiger partial charge in [-0.15, -0.1) is 0 Å². The van der Waals surface area contributed by atoms with E-state index >= 15 is 0 Å². The zero-order chi connectivity index (χ0) is 25.7. The minimum Gasteiger partial charge on any atom is -0.497 e. The van der Waals surface area contributed by atoms with Crippen LogP contribution in [0.5, 0.6) is 17.2 Å². The molecule has 0 saturated carbocycles. The van der Waals surface area contributed by atoms with Crippen molar-refractivity contribution in [3.05, 3.63) is 65.5 Å². The van der Waals surface area contributed by atoms with Gasteiger partial charge in [-0.05, 0) is 24.3 Å². The first-order valence-electron chi connectivity index (χ1n) is 10.9. The number of aromatic nitrogens is 3. The van der Waals surface area contributed by atoms with Gasteiger partial charge in [-0.3, -0.25) is 0 Å². The van der Waals surface area contributed by atoms with Crippen molar-refractivity contribution in [2.24, 2.45) is 7.05 Å². The number of pyridine rings is 1. The number of nitrogens with zero attached hydrogens (tertiary/aromatic N) is 4. The maximum atomic E-state index is 12.9. The van der Waals surface area contributed by atoms with Crippen LogP contribution in [0.15, 0.2) is 48.8 Å². The number of fused-ring (bicyclic) bond motifs is 1. The van der Waals surface area contributed by atoms with Crippen molar-refractivity contribution in [3.8, 4) is 23.3 Å². The van der Waals surface area contributed by atoms with Crippen LogP contribution in [-0.4, -0.2) is 35.4 Å². The van der Waals surface area contributed by atoms with Crippen molar-refractivity contribution in [2.75, 3.05) is 24.9 Å². The fourth-order valence-electron chi connectivity index (χ4n) is 3.68. The predicted octanol–water partition coefficient (Wildman–Crippen LogP) is 4.68. The van der Waals surface area contributed by atoms with Crippen LogP contribution >= 0.6 is 0 Å². The molecule has 0 atom stereocenters. The summed E-state index contributed by atoms with van der Waals surface area (Å²) in [6.07, 6.45) is 1.68. The van der Waals surface area contributed by atoms with E-state index < -0.39 is 6.61 Å². The van der Waals surface area contributed by atoms with Crippen molar-refractivity contribution in [2.45, 2.75) is 19.7 Å². The van der Waals surface area contributed by atoms with Gasteiger partial charge in [0.05, 0.1) is 37.7 Å². The van der Waals surface area contributed by atoms with E-state index in [1.807, 2.05) is 35.9 Å². The normalized spacial score (nSPS) is 10.8. The highest BCUT2D eigenvalue weighted by Gasteiger charge is 2.14. The van der Waals surface area contributed by atoms with E-state index in [-0.39, 0.29) is 17.9 Å². The lowest BCUT2D eigenvalue weighted by Crippen LogP contribution is -2.09. The Hall–Kier alpha value is -4.59. The molecule has 4 rings (SSSR count). The molecule has 2 heterocycles. The van der Waals surface area contributed by atoms with Crippen molar-refractivity contribution in [1.82, 2.24) is 14.5 Å². The van der Waals surface area contributed by atoms with Crippen LogP contribution in [0.4, 0.5) is 20.4 Å². The molecule has 11 heteroatoms. The van der Waals surface area contributed by atoms with E-state index in [2.05, 4.69) is 25.3 Å². The Labute approximate surface area is 206 Å². The maximum Gasteiger partial charge on any atom is 0.387 e. The first-order chi connectivity index (χ1) is 17.4. The number of hydrogen-bond acceptors (Lipinski definition) is 8. The minimum absolute atomic E-state index is 0.0666. The van der Waals surface area contributed by atoms with Crippen LogP contribution in [-0.2, 0) is 20.1 Å². The molecular formula is C25H24F2N6O3. The zero-order valence-corrected chi connectivity index (χ0v) is 19.9. The lowest BCUT2D eigenvalue weighted by atomic mass is 10.1. The molecule has 0 radical (unpaired) electrons. The van der Waals surface area contributed by atoms with Gasteiger partial charge in [0.25, 0.3) is 0 Å². The van der Waals surface area contributed by atoms with Gasteiger partial charge < -0.3 is 29.4 Å². The van der Waals surface area contributed by atoms with E-state index in [9.17, 15) is 8.78 Å². The summed E-state index contributed by atoms with van der Waals surface area (Å²) < 4.78 is 43.0. The molecule has 0 aliphatic rings. The maximum absolute atomic E-state index is 12.9. The van der Waals surface area contributed by atoms with Crippen molar-refractivity contribution < 1.29 is 23.0 Å². The number of methoxy groups -OCH3 is 2. The number of rotatable bonds is 10. The first-order valence-corrected chi connectivity index (χ1v) is 10.9. The summed E-state index contributed by atoms with van der Waals surface area (Å²) in [4.78, 5) is 9.10. The summed E-state index contributed by atoms with van der Waals surface area (Å²) in [5, 5.41) is 15.5. The summed E-state index contributed by atoms with van der Waals surface area (Å²) in [6.45, 7) is -2.44. The van der Waals surface area contributed by atoms with Crippen molar-refractivity contribution in [1.29, 1.82) is 5.26 Å². The van der Waals surface area contributed by atoms with Crippen LogP contribution in [0.3, 0.4) is 0 Å². The summed E-state index contributed by atoms with van der Waals surface area (Å²) in [5.41, 5.74) is 3.08. The minimum atomic E-state index is -3.01. The van der Waals surface area contributed by atoms with Gasteiger partial charge in [-0.2, -0.15) is 14.0 Å². The first kappa shape index (κ1) is 24.5. The fourth-order valence-corrected chi connectivity index (χ4v) is 3.68. The molecule has 0 saturated heterocycles.